The average Bonchev–Trinajstić information content (AvgIpc) is 3.07. The van der Waals surface area contributed by atoms with Gasteiger partial charge in [0.1, 0.15) is 6.04 Å². The Morgan fingerprint density at radius 3 is 2.29 bits per heavy atom. The second-order valence-corrected chi connectivity index (χ2v) is 8.07. The lowest BCUT2D eigenvalue weighted by Gasteiger charge is -2.23. The summed E-state index contributed by atoms with van der Waals surface area (Å²) in [4.78, 5) is 41.5. The number of ether oxygens (including phenoxy) is 1. The van der Waals surface area contributed by atoms with E-state index in [1.807, 2.05) is 75.4 Å². The first kappa shape index (κ1) is 22.3. The molecule has 1 aromatic heterocycles. The van der Waals surface area contributed by atoms with Crippen LogP contribution >= 0.6 is 0 Å². The van der Waals surface area contributed by atoms with Crippen molar-refractivity contribution in [1.82, 2.24) is 10.3 Å². The van der Waals surface area contributed by atoms with E-state index in [9.17, 15) is 14.4 Å². The van der Waals surface area contributed by atoms with Gasteiger partial charge < -0.3 is 15.0 Å². The van der Waals surface area contributed by atoms with Crippen molar-refractivity contribution in [2.24, 2.45) is 5.92 Å². The number of H-pyrrole nitrogens is 1. The van der Waals surface area contributed by atoms with Crippen molar-refractivity contribution in [2.75, 3.05) is 0 Å². The first-order valence-corrected chi connectivity index (χ1v) is 10.4. The molecule has 0 spiro atoms. The fourth-order valence-corrected chi connectivity index (χ4v) is 3.60. The first-order valence-electron chi connectivity index (χ1n) is 10.4. The van der Waals surface area contributed by atoms with E-state index in [1.54, 1.807) is 6.92 Å². The molecule has 0 saturated carbocycles. The highest BCUT2D eigenvalue weighted by atomic mass is 16.5. The number of carbonyl (C=O) groups excluding carboxylic acids is 3. The van der Waals surface area contributed by atoms with E-state index < -0.39 is 18.1 Å². The van der Waals surface area contributed by atoms with Gasteiger partial charge in [-0.2, -0.15) is 0 Å². The summed E-state index contributed by atoms with van der Waals surface area (Å²) in [6.45, 7) is 7.03. The Balaban J connectivity index is 1.69. The van der Waals surface area contributed by atoms with Gasteiger partial charge in [-0.1, -0.05) is 62.4 Å². The van der Waals surface area contributed by atoms with Gasteiger partial charge in [0.2, 0.25) is 11.7 Å². The topological polar surface area (TPSA) is 88.3 Å². The fourth-order valence-electron chi connectivity index (χ4n) is 3.60. The van der Waals surface area contributed by atoms with E-state index in [0.29, 0.717) is 5.56 Å². The number of nitrogens with one attached hydrogen (secondary N) is 2. The number of amides is 1. The largest absolute Gasteiger partial charge is 0.453 e. The molecule has 0 saturated heterocycles. The van der Waals surface area contributed by atoms with Crippen LogP contribution in [0.3, 0.4) is 0 Å². The average molecular weight is 421 g/mol. The number of aromatic nitrogens is 1. The summed E-state index contributed by atoms with van der Waals surface area (Å²) in [6.07, 6.45) is -0.807. The van der Waals surface area contributed by atoms with Gasteiger partial charge in [-0.15, -0.1) is 0 Å². The van der Waals surface area contributed by atoms with Crippen molar-refractivity contribution in [3.05, 3.63) is 71.4 Å². The molecule has 0 radical (unpaired) electrons. The summed E-state index contributed by atoms with van der Waals surface area (Å²) < 4.78 is 5.50. The quantitative estimate of drug-likeness (QED) is 0.426. The molecule has 1 heterocycles. The lowest BCUT2D eigenvalue weighted by molar-refractivity contribution is -0.151. The van der Waals surface area contributed by atoms with Gasteiger partial charge in [0.15, 0.2) is 6.10 Å². The molecule has 162 valence electrons. The number of aryl methyl sites for hydroxylation is 1. The lowest BCUT2D eigenvalue weighted by Crippen LogP contribution is -2.47. The number of esters is 1. The smallest absolute Gasteiger partial charge is 0.329 e. The molecule has 31 heavy (non-hydrogen) atoms. The van der Waals surface area contributed by atoms with Gasteiger partial charge in [0, 0.05) is 22.2 Å². The van der Waals surface area contributed by atoms with Crippen LogP contribution in [0.25, 0.3) is 10.9 Å². The third-order valence-electron chi connectivity index (χ3n) is 5.25. The highest BCUT2D eigenvalue weighted by molar-refractivity contribution is 6.11. The Hall–Kier alpha value is -3.41. The Bertz CT molecular complexity index is 1090. The molecule has 6 nitrogen and oxygen atoms in total. The highest BCUT2D eigenvalue weighted by Crippen LogP contribution is 2.24. The SMILES string of the molecule is Cc1[nH]c2ccccc2c1C(=O)[C@@H](C)OC(=O)[C@@H](NC(=O)Cc1ccccc1)C(C)C. The summed E-state index contributed by atoms with van der Waals surface area (Å²) in [5.74, 6) is -1.35. The number of Topliss-reactive ketones (excluding diaryl/α,β-unsaturated/α-hetero) is 1. The summed E-state index contributed by atoms with van der Waals surface area (Å²) >= 11 is 0. The van der Waals surface area contributed by atoms with Crippen molar-refractivity contribution >= 4 is 28.6 Å². The van der Waals surface area contributed by atoms with Gasteiger partial charge in [-0.05, 0) is 31.4 Å². The Morgan fingerprint density at radius 1 is 0.968 bits per heavy atom. The predicted molar refractivity (Wildman–Crippen MR) is 120 cm³/mol. The van der Waals surface area contributed by atoms with E-state index in [4.69, 9.17) is 4.74 Å². The van der Waals surface area contributed by atoms with Gasteiger partial charge in [0.25, 0.3) is 0 Å². The van der Waals surface area contributed by atoms with Crippen LogP contribution in [0.15, 0.2) is 54.6 Å². The molecule has 0 aliphatic heterocycles. The molecular weight excluding hydrogens is 392 g/mol. The molecule has 2 aromatic carbocycles. The minimum Gasteiger partial charge on any atom is -0.453 e. The maximum absolute atomic E-state index is 13.0. The van der Waals surface area contributed by atoms with Gasteiger partial charge in [-0.25, -0.2) is 4.79 Å². The minimum absolute atomic E-state index is 0.167. The molecule has 6 heteroatoms. The number of fused-ring (bicyclic) bond motifs is 1. The maximum atomic E-state index is 13.0. The summed E-state index contributed by atoms with van der Waals surface area (Å²) in [6, 6.07) is 16.0. The number of hydrogen-bond acceptors (Lipinski definition) is 4. The van der Waals surface area contributed by atoms with Crippen LogP contribution in [0.2, 0.25) is 0 Å². The Labute approximate surface area is 182 Å². The van der Waals surface area contributed by atoms with Gasteiger partial charge in [-0.3, -0.25) is 9.59 Å². The van der Waals surface area contributed by atoms with Gasteiger partial charge in [0.05, 0.1) is 6.42 Å². The van der Waals surface area contributed by atoms with Crippen molar-refractivity contribution in [3.63, 3.8) is 0 Å². The van der Waals surface area contributed by atoms with Crippen molar-refractivity contribution in [1.29, 1.82) is 0 Å². The van der Waals surface area contributed by atoms with E-state index in [-0.39, 0.29) is 24.0 Å². The van der Waals surface area contributed by atoms with Crippen molar-refractivity contribution in [3.8, 4) is 0 Å². The van der Waals surface area contributed by atoms with E-state index in [0.717, 1.165) is 22.2 Å². The highest BCUT2D eigenvalue weighted by Gasteiger charge is 2.30. The second-order valence-electron chi connectivity index (χ2n) is 8.07. The zero-order valence-corrected chi connectivity index (χ0v) is 18.3. The first-order chi connectivity index (χ1) is 14.8. The van der Waals surface area contributed by atoms with Crippen LogP contribution in [0, 0.1) is 12.8 Å². The minimum atomic E-state index is -0.974. The molecule has 2 atom stereocenters. The monoisotopic (exact) mass is 420 g/mol. The number of aromatic amines is 1. The van der Waals surface area contributed by atoms with Crippen molar-refractivity contribution < 1.29 is 19.1 Å². The summed E-state index contributed by atoms with van der Waals surface area (Å²) in [5.41, 5.74) is 2.96. The molecule has 0 aliphatic carbocycles. The third-order valence-corrected chi connectivity index (χ3v) is 5.25. The predicted octanol–water partition coefficient (Wildman–Crippen LogP) is 3.97. The zero-order valence-electron chi connectivity index (χ0n) is 18.3. The van der Waals surface area contributed by atoms with Crippen LogP contribution in [0.5, 0.6) is 0 Å². The van der Waals surface area contributed by atoms with E-state index in [1.165, 1.54) is 0 Å². The van der Waals surface area contributed by atoms with Crippen LogP contribution < -0.4 is 5.32 Å². The molecule has 3 aromatic rings. The van der Waals surface area contributed by atoms with E-state index >= 15 is 0 Å². The maximum Gasteiger partial charge on any atom is 0.329 e. The fraction of sp³-hybridized carbons (Fsp3) is 0.320. The molecule has 0 fully saturated rings. The third kappa shape index (κ3) is 5.20. The van der Waals surface area contributed by atoms with E-state index in [2.05, 4.69) is 10.3 Å². The molecular formula is C25H28N2O4. The zero-order chi connectivity index (χ0) is 22.5. The Morgan fingerprint density at radius 2 is 1.61 bits per heavy atom. The van der Waals surface area contributed by atoms with Crippen LogP contribution in [0.1, 0.15) is 42.4 Å². The number of benzene rings is 2. The molecule has 0 unspecified atom stereocenters. The number of para-hydroxylation sites is 1. The molecule has 1 amide bonds. The second kappa shape index (κ2) is 9.60. The molecule has 3 rings (SSSR count). The molecule has 0 bridgehead atoms. The molecule has 0 aliphatic rings. The summed E-state index contributed by atoms with van der Waals surface area (Å²) in [7, 11) is 0. The number of hydrogen-bond donors (Lipinski definition) is 2. The number of rotatable bonds is 8. The standard InChI is InChI=1S/C25H28N2O4/c1-15(2)23(27-21(28)14-18-10-6-5-7-11-18)25(30)31-17(4)24(29)22-16(3)26-20-13-9-8-12-19(20)22/h5-13,15,17,23,26H,14H2,1-4H3,(H,27,28)/t17-,23+/m1/s1. The number of ketones is 1. The lowest BCUT2D eigenvalue weighted by atomic mass is 10.0. The van der Waals surface area contributed by atoms with Gasteiger partial charge >= 0.3 is 5.97 Å². The normalized spacial score (nSPS) is 13.1. The molecule has 2 N–H and O–H groups in total. The van der Waals surface area contributed by atoms with Crippen LogP contribution in [-0.2, 0) is 20.7 Å². The van der Waals surface area contributed by atoms with Crippen LogP contribution in [0.4, 0.5) is 0 Å². The number of carbonyl (C=O) groups is 3. The summed E-state index contributed by atoms with van der Waals surface area (Å²) in [5, 5.41) is 3.55. The Kier molecular flexibility index (Phi) is 6.90. The van der Waals surface area contributed by atoms with Crippen molar-refractivity contribution in [2.45, 2.75) is 46.3 Å². The van der Waals surface area contributed by atoms with Crippen LogP contribution in [-0.4, -0.2) is 34.8 Å².